The Balaban J connectivity index is 1.40. The topological polar surface area (TPSA) is 75.9 Å². The first-order valence-electron chi connectivity index (χ1n) is 9.14. The van der Waals surface area contributed by atoms with Crippen molar-refractivity contribution in [2.75, 3.05) is 36.0 Å². The molecule has 1 atom stereocenters. The summed E-state index contributed by atoms with van der Waals surface area (Å²) in [6, 6.07) is 8.06. The molecule has 2 aliphatic rings. The fourth-order valence-corrected chi connectivity index (χ4v) is 3.88. The lowest BCUT2D eigenvalue weighted by molar-refractivity contribution is -0.130. The Morgan fingerprint density at radius 3 is 3.04 bits per heavy atom. The van der Waals surface area contributed by atoms with Gasteiger partial charge in [-0.1, -0.05) is 18.2 Å². The van der Waals surface area contributed by atoms with E-state index in [0.717, 1.165) is 23.8 Å². The number of carbonyl (C=O) groups is 1. The molecular formula is C19H20N6O2. The summed E-state index contributed by atoms with van der Waals surface area (Å²) in [4.78, 5) is 21.5. The molecule has 1 aromatic carbocycles. The number of carbonyl (C=O) groups excluding carboxylic acids is 1. The first-order valence-corrected chi connectivity index (χ1v) is 9.14. The predicted molar refractivity (Wildman–Crippen MR) is 100.0 cm³/mol. The van der Waals surface area contributed by atoms with Crippen molar-refractivity contribution in [3.63, 3.8) is 0 Å². The molecule has 2 aliphatic heterocycles. The van der Waals surface area contributed by atoms with Crippen LogP contribution in [0.5, 0.6) is 0 Å². The van der Waals surface area contributed by atoms with Crippen LogP contribution in [-0.4, -0.2) is 57.8 Å². The highest BCUT2D eigenvalue weighted by Gasteiger charge is 2.34. The summed E-state index contributed by atoms with van der Waals surface area (Å²) in [7, 11) is 0. The minimum Gasteiger partial charge on any atom is -0.365 e. The van der Waals surface area contributed by atoms with E-state index < -0.39 is 6.10 Å². The summed E-state index contributed by atoms with van der Waals surface area (Å²) in [5.41, 5.74) is 2.91. The Morgan fingerprint density at radius 2 is 2.11 bits per heavy atom. The Labute approximate surface area is 156 Å². The van der Waals surface area contributed by atoms with E-state index >= 15 is 0 Å². The molecule has 1 fully saturated rings. The van der Waals surface area contributed by atoms with Crippen LogP contribution >= 0.6 is 0 Å². The van der Waals surface area contributed by atoms with Crippen LogP contribution in [0.25, 0.3) is 5.65 Å². The molecule has 27 heavy (non-hydrogen) atoms. The lowest BCUT2D eigenvalue weighted by Crippen LogP contribution is -2.51. The van der Waals surface area contributed by atoms with Crippen LogP contribution in [-0.2, 0) is 16.0 Å². The maximum Gasteiger partial charge on any atom is 0.257 e. The van der Waals surface area contributed by atoms with E-state index in [9.17, 15) is 4.79 Å². The second-order valence-electron chi connectivity index (χ2n) is 6.87. The first-order chi connectivity index (χ1) is 13.2. The smallest absolute Gasteiger partial charge is 0.257 e. The summed E-state index contributed by atoms with van der Waals surface area (Å²) in [6.07, 6.45) is 3.95. The van der Waals surface area contributed by atoms with Crippen molar-refractivity contribution in [2.24, 2.45) is 0 Å². The van der Waals surface area contributed by atoms with Crippen molar-refractivity contribution in [3.8, 4) is 0 Å². The van der Waals surface area contributed by atoms with E-state index in [1.54, 1.807) is 6.20 Å². The molecule has 8 heteroatoms. The van der Waals surface area contributed by atoms with Crippen molar-refractivity contribution in [2.45, 2.75) is 19.4 Å². The van der Waals surface area contributed by atoms with Gasteiger partial charge in [0.2, 0.25) is 5.65 Å². The van der Waals surface area contributed by atoms with Gasteiger partial charge in [-0.25, -0.2) is 4.98 Å². The number of rotatable bonds is 2. The van der Waals surface area contributed by atoms with Crippen LogP contribution in [0, 0.1) is 6.92 Å². The van der Waals surface area contributed by atoms with Gasteiger partial charge in [-0.2, -0.15) is 0 Å². The van der Waals surface area contributed by atoms with Gasteiger partial charge in [-0.05, 0) is 25.0 Å². The van der Waals surface area contributed by atoms with Crippen LogP contribution in [0.2, 0.25) is 0 Å². The van der Waals surface area contributed by atoms with E-state index in [1.165, 1.54) is 5.56 Å². The maximum absolute atomic E-state index is 13.1. The van der Waals surface area contributed by atoms with E-state index in [0.29, 0.717) is 31.9 Å². The average molecular weight is 364 g/mol. The Bertz CT molecular complexity index is 1020. The molecule has 0 radical (unpaired) electrons. The molecule has 5 rings (SSSR count). The molecule has 1 saturated heterocycles. The van der Waals surface area contributed by atoms with E-state index in [1.807, 2.05) is 40.6 Å². The number of fused-ring (bicyclic) bond motifs is 2. The number of aryl methyl sites for hydroxylation is 1. The Kier molecular flexibility index (Phi) is 3.78. The third kappa shape index (κ3) is 2.64. The number of anilines is 2. The summed E-state index contributed by atoms with van der Waals surface area (Å²) in [6.45, 7) is 4.20. The molecule has 8 nitrogen and oxygen atoms in total. The number of hydrogen-bond donors (Lipinski definition) is 0. The largest absolute Gasteiger partial charge is 0.365 e. The van der Waals surface area contributed by atoms with E-state index in [-0.39, 0.29) is 5.91 Å². The second kappa shape index (κ2) is 6.31. The van der Waals surface area contributed by atoms with Crippen LogP contribution in [0.4, 0.5) is 11.5 Å². The first kappa shape index (κ1) is 16.2. The van der Waals surface area contributed by atoms with Gasteiger partial charge in [-0.3, -0.25) is 9.20 Å². The SMILES string of the molecule is Cc1nnc2c(N3CCOC(C(=O)N4CCc5ccccc54)C3)nccn12. The summed E-state index contributed by atoms with van der Waals surface area (Å²) >= 11 is 0. The highest BCUT2D eigenvalue weighted by atomic mass is 16.5. The number of morpholine rings is 1. The molecule has 4 heterocycles. The molecule has 0 aliphatic carbocycles. The third-order valence-corrected chi connectivity index (χ3v) is 5.27. The van der Waals surface area contributed by atoms with Gasteiger partial charge < -0.3 is 14.5 Å². The van der Waals surface area contributed by atoms with Crippen molar-refractivity contribution >= 4 is 23.1 Å². The highest BCUT2D eigenvalue weighted by Crippen LogP contribution is 2.29. The quantitative estimate of drug-likeness (QED) is 0.681. The summed E-state index contributed by atoms with van der Waals surface area (Å²) in [5.74, 6) is 1.55. The molecule has 138 valence electrons. The van der Waals surface area contributed by atoms with E-state index in [4.69, 9.17) is 4.74 Å². The van der Waals surface area contributed by atoms with Gasteiger partial charge in [-0.15, -0.1) is 10.2 Å². The second-order valence-corrected chi connectivity index (χ2v) is 6.87. The van der Waals surface area contributed by atoms with Gasteiger partial charge >= 0.3 is 0 Å². The van der Waals surface area contributed by atoms with Crippen LogP contribution in [0.3, 0.4) is 0 Å². The number of benzene rings is 1. The average Bonchev–Trinajstić information content (AvgIpc) is 3.31. The number of para-hydroxylation sites is 1. The lowest BCUT2D eigenvalue weighted by Gasteiger charge is -2.34. The Hall–Kier alpha value is -3.00. The molecule has 1 amide bonds. The zero-order valence-corrected chi connectivity index (χ0v) is 15.1. The zero-order chi connectivity index (χ0) is 18.4. The van der Waals surface area contributed by atoms with Crippen LogP contribution in [0.1, 0.15) is 11.4 Å². The predicted octanol–water partition coefficient (Wildman–Crippen LogP) is 1.23. The molecular weight excluding hydrogens is 344 g/mol. The van der Waals surface area contributed by atoms with Gasteiger partial charge in [0.1, 0.15) is 5.82 Å². The fourth-order valence-electron chi connectivity index (χ4n) is 3.88. The molecule has 0 saturated carbocycles. The minimum absolute atomic E-state index is 0.00856. The number of aromatic nitrogens is 4. The van der Waals surface area contributed by atoms with Crippen molar-refractivity contribution in [1.82, 2.24) is 19.6 Å². The molecule has 1 unspecified atom stereocenters. The zero-order valence-electron chi connectivity index (χ0n) is 15.1. The monoisotopic (exact) mass is 364 g/mol. The molecule has 0 N–H and O–H groups in total. The van der Waals surface area contributed by atoms with Crippen LogP contribution < -0.4 is 9.80 Å². The Morgan fingerprint density at radius 1 is 1.22 bits per heavy atom. The molecule has 0 spiro atoms. The highest BCUT2D eigenvalue weighted by molar-refractivity contribution is 5.99. The third-order valence-electron chi connectivity index (χ3n) is 5.27. The lowest BCUT2D eigenvalue weighted by atomic mass is 10.2. The van der Waals surface area contributed by atoms with Gasteiger partial charge in [0.05, 0.1) is 13.2 Å². The van der Waals surface area contributed by atoms with Gasteiger partial charge in [0.25, 0.3) is 5.91 Å². The number of nitrogens with zero attached hydrogens (tertiary/aromatic N) is 6. The minimum atomic E-state index is -0.518. The summed E-state index contributed by atoms with van der Waals surface area (Å²) < 4.78 is 7.74. The summed E-state index contributed by atoms with van der Waals surface area (Å²) in [5, 5.41) is 8.38. The molecule has 2 aromatic heterocycles. The van der Waals surface area contributed by atoms with Crippen molar-refractivity contribution in [1.29, 1.82) is 0 Å². The normalized spacial score (nSPS) is 19.5. The van der Waals surface area contributed by atoms with Gasteiger partial charge in [0, 0.05) is 31.2 Å². The number of ether oxygens (including phenoxy) is 1. The molecule has 0 bridgehead atoms. The maximum atomic E-state index is 13.1. The number of hydrogen-bond acceptors (Lipinski definition) is 6. The van der Waals surface area contributed by atoms with Crippen molar-refractivity contribution < 1.29 is 9.53 Å². The fraction of sp³-hybridized carbons (Fsp3) is 0.368. The van der Waals surface area contributed by atoms with Crippen LogP contribution in [0.15, 0.2) is 36.7 Å². The van der Waals surface area contributed by atoms with Gasteiger partial charge in [0.15, 0.2) is 11.9 Å². The molecule has 3 aromatic rings. The van der Waals surface area contributed by atoms with Crippen molar-refractivity contribution in [3.05, 3.63) is 48.0 Å². The number of amides is 1. The van der Waals surface area contributed by atoms with E-state index in [2.05, 4.69) is 26.1 Å². The standard InChI is InChI=1S/C19H20N6O2/c1-13-21-22-18-17(20-7-9-24(13)18)23-10-11-27-16(12-23)19(26)25-8-6-14-4-2-3-5-15(14)25/h2-5,7,9,16H,6,8,10-12H2,1H3.